The smallest absolute Gasteiger partial charge is 0.261 e. The van der Waals surface area contributed by atoms with E-state index >= 15 is 0 Å². The summed E-state index contributed by atoms with van der Waals surface area (Å²) in [6.07, 6.45) is 1.54. The summed E-state index contributed by atoms with van der Waals surface area (Å²) >= 11 is 5.97. The highest BCUT2D eigenvalue weighted by atomic mass is 35.5. The molecule has 0 atom stereocenters. The second kappa shape index (κ2) is 7.02. The van der Waals surface area contributed by atoms with Crippen LogP contribution in [0.3, 0.4) is 0 Å². The van der Waals surface area contributed by atoms with Crippen LogP contribution >= 0.6 is 11.6 Å². The Hall–Kier alpha value is -3.11. The molecule has 3 aromatic carbocycles. The molecular formula is C21H15ClN2O2. The van der Waals surface area contributed by atoms with Crippen molar-refractivity contribution in [3.8, 4) is 11.5 Å². The van der Waals surface area contributed by atoms with Gasteiger partial charge in [-0.05, 0) is 36.4 Å². The standard InChI is InChI=1S/C21H15ClN2O2/c22-16-10-11-18-19(12-16)23-14-24(21(18)25)13-15-6-4-5-9-20(15)26-17-7-2-1-3-8-17/h1-12,14H,13H2. The maximum atomic E-state index is 12.8. The molecule has 1 aromatic heterocycles. The molecule has 0 saturated heterocycles. The van der Waals surface area contributed by atoms with E-state index in [-0.39, 0.29) is 5.56 Å². The third-order valence-corrected chi connectivity index (χ3v) is 4.31. The molecule has 0 saturated carbocycles. The Morgan fingerprint density at radius 2 is 1.73 bits per heavy atom. The molecule has 0 N–H and O–H groups in total. The first-order chi connectivity index (χ1) is 12.7. The van der Waals surface area contributed by atoms with Crippen LogP contribution in [0.4, 0.5) is 0 Å². The minimum absolute atomic E-state index is 0.110. The van der Waals surface area contributed by atoms with E-state index in [0.29, 0.717) is 28.2 Å². The first-order valence-corrected chi connectivity index (χ1v) is 8.54. The van der Waals surface area contributed by atoms with Crippen LogP contribution in [0.5, 0.6) is 11.5 Å². The number of hydrogen-bond donors (Lipinski definition) is 0. The van der Waals surface area contributed by atoms with Gasteiger partial charge < -0.3 is 4.74 Å². The maximum absolute atomic E-state index is 12.8. The second-order valence-corrected chi connectivity index (χ2v) is 6.30. The molecular weight excluding hydrogens is 348 g/mol. The van der Waals surface area contributed by atoms with Crippen LogP contribution in [0.2, 0.25) is 5.02 Å². The van der Waals surface area contributed by atoms with Crippen molar-refractivity contribution in [2.75, 3.05) is 0 Å². The van der Waals surface area contributed by atoms with E-state index in [2.05, 4.69) is 4.98 Å². The van der Waals surface area contributed by atoms with Gasteiger partial charge in [-0.25, -0.2) is 4.98 Å². The van der Waals surface area contributed by atoms with Gasteiger partial charge in [0.2, 0.25) is 0 Å². The molecule has 4 nitrogen and oxygen atoms in total. The van der Waals surface area contributed by atoms with Crippen molar-refractivity contribution < 1.29 is 4.74 Å². The van der Waals surface area contributed by atoms with E-state index in [1.165, 1.54) is 0 Å². The lowest BCUT2D eigenvalue weighted by Crippen LogP contribution is -2.21. The normalized spacial score (nSPS) is 10.8. The van der Waals surface area contributed by atoms with E-state index in [1.54, 1.807) is 29.1 Å². The van der Waals surface area contributed by atoms with Gasteiger partial charge in [-0.15, -0.1) is 0 Å². The van der Waals surface area contributed by atoms with Crippen LogP contribution in [0.1, 0.15) is 5.56 Å². The van der Waals surface area contributed by atoms with Crippen LogP contribution in [-0.4, -0.2) is 9.55 Å². The molecule has 0 fully saturated rings. The van der Waals surface area contributed by atoms with E-state index in [4.69, 9.17) is 16.3 Å². The van der Waals surface area contributed by atoms with Gasteiger partial charge in [0.1, 0.15) is 11.5 Å². The summed E-state index contributed by atoms with van der Waals surface area (Å²) in [7, 11) is 0. The molecule has 1 heterocycles. The van der Waals surface area contributed by atoms with Crippen LogP contribution < -0.4 is 10.3 Å². The van der Waals surface area contributed by atoms with Crippen molar-refractivity contribution in [3.05, 3.63) is 100 Å². The van der Waals surface area contributed by atoms with Gasteiger partial charge >= 0.3 is 0 Å². The molecule has 0 unspecified atom stereocenters. The number of rotatable bonds is 4. The Morgan fingerprint density at radius 1 is 0.962 bits per heavy atom. The first kappa shape index (κ1) is 16.4. The summed E-state index contributed by atoms with van der Waals surface area (Å²) in [6.45, 7) is 0.368. The Kier molecular flexibility index (Phi) is 4.42. The average Bonchev–Trinajstić information content (AvgIpc) is 2.66. The average molecular weight is 363 g/mol. The molecule has 0 spiro atoms. The van der Waals surface area contributed by atoms with Gasteiger partial charge in [0.25, 0.3) is 5.56 Å². The fraction of sp³-hybridized carbons (Fsp3) is 0.0476. The lowest BCUT2D eigenvalue weighted by atomic mass is 10.2. The van der Waals surface area contributed by atoms with E-state index in [1.807, 2.05) is 54.6 Å². The van der Waals surface area contributed by atoms with E-state index in [9.17, 15) is 4.79 Å². The molecule has 0 aliphatic heterocycles. The predicted octanol–water partition coefficient (Wildman–Crippen LogP) is 4.89. The molecule has 4 aromatic rings. The zero-order valence-corrected chi connectivity index (χ0v) is 14.6. The van der Waals surface area contributed by atoms with Crippen LogP contribution in [0.25, 0.3) is 10.9 Å². The topological polar surface area (TPSA) is 44.1 Å². The number of fused-ring (bicyclic) bond motifs is 1. The third kappa shape index (κ3) is 3.32. The zero-order valence-electron chi connectivity index (χ0n) is 13.8. The molecule has 0 radical (unpaired) electrons. The summed E-state index contributed by atoms with van der Waals surface area (Å²) in [5.74, 6) is 1.46. The Bertz CT molecular complexity index is 1120. The fourth-order valence-electron chi connectivity index (χ4n) is 2.78. The summed E-state index contributed by atoms with van der Waals surface area (Å²) in [5.41, 5.74) is 1.38. The summed E-state index contributed by atoms with van der Waals surface area (Å²) in [5, 5.41) is 1.10. The lowest BCUT2D eigenvalue weighted by molar-refractivity contribution is 0.473. The molecule has 4 rings (SSSR count). The van der Waals surface area contributed by atoms with Crippen molar-refractivity contribution in [2.45, 2.75) is 6.54 Å². The van der Waals surface area contributed by atoms with E-state index in [0.717, 1.165) is 11.3 Å². The first-order valence-electron chi connectivity index (χ1n) is 8.16. The van der Waals surface area contributed by atoms with Gasteiger partial charge in [-0.3, -0.25) is 9.36 Å². The number of ether oxygens (including phenoxy) is 1. The van der Waals surface area contributed by atoms with Gasteiger partial charge in [0.15, 0.2) is 0 Å². The highest BCUT2D eigenvalue weighted by molar-refractivity contribution is 6.31. The third-order valence-electron chi connectivity index (χ3n) is 4.07. The van der Waals surface area contributed by atoms with Crippen molar-refractivity contribution in [1.29, 1.82) is 0 Å². The summed E-state index contributed by atoms with van der Waals surface area (Å²) in [6, 6.07) is 22.3. The molecule has 0 amide bonds. The highest BCUT2D eigenvalue weighted by Crippen LogP contribution is 2.25. The predicted molar refractivity (Wildman–Crippen MR) is 103 cm³/mol. The Labute approximate surface area is 155 Å². The SMILES string of the molecule is O=c1c2ccc(Cl)cc2ncn1Cc1ccccc1Oc1ccccc1. The number of aromatic nitrogens is 2. The minimum Gasteiger partial charge on any atom is -0.457 e. The summed E-state index contributed by atoms with van der Waals surface area (Å²) < 4.78 is 7.54. The molecule has 5 heteroatoms. The van der Waals surface area contributed by atoms with Gasteiger partial charge in [0.05, 0.1) is 23.8 Å². The van der Waals surface area contributed by atoms with Crippen LogP contribution in [0.15, 0.2) is 83.9 Å². The fourth-order valence-corrected chi connectivity index (χ4v) is 2.94. The highest BCUT2D eigenvalue weighted by Gasteiger charge is 2.09. The minimum atomic E-state index is -0.110. The number of para-hydroxylation sites is 2. The Balaban J connectivity index is 1.70. The van der Waals surface area contributed by atoms with Crippen molar-refractivity contribution >= 4 is 22.5 Å². The van der Waals surface area contributed by atoms with Crippen molar-refractivity contribution in [1.82, 2.24) is 9.55 Å². The van der Waals surface area contributed by atoms with Gasteiger partial charge in [-0.2, -0.15) is 0 Å². The zero-order chi connectivity index (χ0) is 17.9. The van der Waals surface area contributed by atoms with Crippen molar-refractivity contribution in [3.63, 3.8) is 0 Å². The van der Waals surface area contributed by atoms with Gasteiger partial charge in [0, 0.05) is 10.6 Å². The number of nitrogens with zero attached hydrogens (tertiary/aromatic N) is 2. The summed E-state index contributed by atoms with van der Waals surface area (Å²) in [4.78, 5) is 17.1. The number of halogens is 1. The number of hydrogen-bond acceptors (Lipinski definition) is 3. The monoisotopic (exact) mass is 362 g/mol. The largest absolute Gasteiger partial charge is 0.457 e. The van der Waals surface area contributed by atoms with Crippen LogP contribution in [0, 0.1) is 0 Å². The number of benzene rings is 3. The molecule has 0 bridgehead atoms. The molecule has 0 aliphatic carbocycles. The molecule has 26 heavy (non-hydrogen) atoms. The molecule has 128 valence electrons. The Morgan fingerprint density at radius 3 is 2.58 bits per heavy atom. The maximum Gasteiger partial charge on any atom is 0.261 e. The van der Waals surface area contributed by atoms with Crippen molar-refractivity contribution in [2.24, 2.45) is 0 Å². The lowest BCUT2D eigenvalue weighted by Gasteiger charge is -2.12. The van der Waals surface area contributed by atoms with E-state index < -0.39 is 0 Å². The quantitative estimate of drug-likeness (QED) is 0.519. The van der Waals surface area contributed by atoms with Crippen LogP contribution in [-0.2, 0) is 6.54 Å². The van der Waals surface area contributed by atoms with Gasteiger partial charge in [-0.1, -0.05) is 48.0 Å². The molecule has 0 aliphatic rings. The second-order valence-electron chi connectivity index (χ2n) is 5.86.